The van der Waals surface area contributed by atoms with E-state index in [-0.39, 0.29) is 18.1 Å². The second-order valence-electron chi connectivity index (χ2n) is 4.76. The highest BCUT2D eigenvalue weighted by Crippen LogP contribution is 2.27. The normalized spacial score (nSPS) is 10.6. The number of ether oxygens (including phenoxy) is 1. The zero-order valence-corrected chi connectivity index (χ0v) is 13.6. The third-order valence-corrected chi connectivity index (χ3v) is 3.83. The molecule has 0 amide bonds. The van der Waals surface area contributed by atoms with Crippen LogP contribution in [0.2, 0.25) is 10.0 Å². The molecule has 2 aromatic carbocycles. The van der Waals surface area contributed by atoms with E-state index >= 15 is 0 Å². The van der Waals surface area contributed by atoms with Gasteiger partial charge in [0.1, 0.15) is 5.75 Å². The Morgan fingerprint density at radius 1 is 1.17 bits per heavy atom. The summed E-state index contributed by atoms with van der Waals surface area (Å²) in [5, 5.41) is 13.6. The SMILES string of the molecule is O=C(O)c1cccc(OCc2nc(-c3ccc(Cl)c(Cl)c3)no2)c1. The first-order chi connectivity index (χ1) is 11.5. The molecule has 1 aromatic heterocycles. The number of nitrogens with zero attached hydrogens (tertiary/aromatic N) is 2. The Bertz CT molecular complexity index is 895. The fourth-order valence-electron chi connectivity index (χ4n) is 1.93. The van der Waals surface area contributed by atoms with E-state index in [0.29, 0.717) is 27.2 Å². The topological polar surface area (TPSA) is 85.5 Å². The molecule has 0 atom stereocenters. The van der Waals surface area contributed by atoms with Crippen LogP contribution in [0.25, 0.3) is 11.4 Å². The van der Waals surface area contributed by atoms with E-state index in [4.69, 9.17) is 37.6 Å². The number of carboxylic acids is 1. The standard InChI is InChI=1S/C16H10Cl2N2O4/c17-12-5-4-9(7-13(12)18)15-19-14(24-20-15)8-23-11-3-1-2-10(6-11)16(21)22/h1-7H,8H2,(H,21,22). The molecular weight excluding hydrogens is 355 g/mol. The van der Waals surface area contributed by atoms with Crippen molar-refractivity contribution in [2.75, 3.05) is 0 Å². The Labute approximate surface area is 146 Å². The fourth-order valence-corrected chi connectivity index (χ4v) is 2.23. The third kappa shape index (κ3) is 3.67. The Morgan fingerprint density at radius 2 is 2.00 bits per heavy atom. The number of carbonyl (C=O) groups is 1. The molecule has 6 nitrogen and oxygen atoms in total. The summed E-state index contributed by atoms with van der Waals surface area (Å²) in [6.07, 6.45) is 0. The number of aromatic nitrogens is 2. The minimum atomic E-state index is -1.03. The summed E-state index contributed by atoms with van der Waals surface area (Å²) in [7, 11) is 0. The highest BCUT2D eigenvalue weighted by atomic mass is 35.5. The van der Waals surface area contributed by atoms with Crippen LogP contribution >= 0.6 is 23.2 Å². The maximum Gasteiger partial charge on any atom is 0.335 e. The van der Waals surface area contributed by atoms with Crippen LogP contribution < -0.4 is 4.74 Å². The Kier molecular flexibility index (Phi) is 4.69. The first kappa shape index (κ1) is 16.3. The second-order valence-corrected chi connectivity index (χ2v) is 5.58. The van der Waals surface area contributed by atoms with Gasteiger partial charge in [-0.25, -0.2) is 4.79 Å². The molecule has 0 unspecified atom stereocenters. The zero-order chi connectivity index (χ0) is 17.1. The molecule has 0 radical (unpaired) electrons. The molecule has 0 aliphatic heterocycles. The molecule has 1 N–H and O–H groups in total. The maximum absolute atomic E-state index is 10.9. The van der Waals surface area contributed by atoms with Gasteiger partial charge in [0.25, 0.3) is 5.89 Å². The van der Waals surface area contributed by atoms with E-state index in [0.717, 1.165) is 0 Å². The van der Waals surface area contributed by atoms with Gasteiger partial charge in [0.2, 0.25) is 5.82 Å². The number of hydrogen-bond donors (Lipinski definition) is 1. The lowest BCUT2D eigenvalue weighted by Crippen LogP contribution is -1.99. The summed E-state index contributed by atoms with van der Waals surface area (Å²) in [6.45, 7) is 0.0113. The molecule has 122 valence electrons. The number of rotatable bonds is 5. The summed E-state index contributed by atoms with van der Waals surface area (Å²) in [5.41, 5.74) is 0.793. The van der Waals surface area contributed by atoms with Gasteiger partial charge in [0, 0.05) is 5.56 Å². The lowest BCUT2D eigenvalue weighted by molar-refractivity contribution is 0.0696. The van der Waals surface area contributed by atoms with Crippen molar-refractivity contribution in [2.45, 2.75) is 6.61 Å². The van der Waals surface area contributed by atoms with Crippen LogP contribution in [0.5, 0.6) is 5.75 Å². The summed E-state index contributed by atoms with van der Waals surface area (Å²) in [4.78, 5) is 15.1. The second kappa shape index (κ2) is 6.90. The van der Waals surface area contributed by atoms with Crippen LogP contribution in [-0.2, 0) is 6.61 Å². The molecule has 0 fully saturated rings. The van der Waals surface area contributed by atoms with Crippen molar-refractivity contribution in [3.8, 4) is 17.1 Å². The molecular formula is C16H10Cl2N2O4. The number of carboxylic acid groups (broad SMARTS) is 1. The van der Waals surface area contributed by atoms with Gasteiger partial charge >= 0.3 is 5.97 Å². The highest BCUT2D eigenvalue weighted by molar-refractivity contribution is 6.42. The van der Waals surface area contributed by atoms with Gasteiger partial charge in [-0.1, -0.05) is 34.4 Å². The van der Waals surface area contributed by atoms with Gasteiger partial charge in [0.05, 0.1) is 15.6 Å². The van der Waals surface area contributed by atoms with Gasteiger partial charge in [-0.3, -0.25) is 0 Å². The van der Waals surface area contributed by atoms with Crippen LogP contribution in [0.4, 0.5) is 0 Å². The van der Waals surface area contributed by atoms with Gasteiger partial charge < -0.3 is 14.4 Å². The lowest BCUT2D eigenvalue weighted by Gasteiger charge is -2.03. The van der Waals surface area contributed by atoms with Crippen molar-refractivity contribution in [1.29, 1.82) is 0 Å². The average Bonchev–Trinajstić information content (AvgIpc) is 3.05. The molecule has 0 saturated heterocycles. The number of halogens is 2. The predicted molar refractivity (Wildman–Crippen MR) is 87.5 cm³/mol. The fraction of sp³-hybridized carbons (Fsp3) is 0.0625. The van der Waals surface area contributed by atoms with Gasteiger partial charge in [-0.2, -0.15) is 4.98 Å². The molecule has 0 bridgehead atoms. The number of benzene rings is 2. The van der Waals surface area contributed by atoms with E-state index in [1.165, 1.54) is 12.1 Å². The van der Waals surface area contributed by atoms with Crippen molar-refractivity contribution >= 4 is 29.2 Å². The molecule has 0 aliphatic rings. The van der Waals surface area contributed by atoms with Crippen LogP contribution in [0.3, 0.4) is 0 Å². The molecule has 3 rings (SSSR count). The quantitative estimate of drug-likeness (QED) is 0.725. The van der Waals surface area contributed by atoms with Crippen molar-refractivity contribution in [3.63, 3.8) is 0 Å². The van der Waals surface area contributed by atoms with Crippen LogP contribution in [-0.4, -0.2) is 21.2 Å². The molecule has 1 heterocycles. The summed E-state index contributed by atoms with van der Waals surface area (Å²) >= 11 is 11.8. The first-order valence-electron chi connectivity index (χ1n) is 6.77. The minimum Gasteiger partial charge on any atom is -0.484 e. The molecule has 8 heteroatoms. The summed E-state index contributed by atoms with van der Waals surface area (Å²) in [6, 6.07) is 11.1. The van der Waals surface area contributed by atoms with Crippen LogP contribution in [0, 0.1) is 0 Å². The number of hydrogen-bond acceptors (Lipinski definition) is 5. The van der Waals surface area contributed by atoms with E-state index in [2.05, 4.69) is 10.1 Å². The summed E-state index contributed by atoms with van der Waals surface area (Å²) in [5.74, 6) is -0.0346. The van der Waals surface area contributed by atoms with Crippen molar-refractivity contribution in [1.82, 2.24) is 10.1 Å². The molecule has 0 spiro atoms. The summed E-state index contributed by atoms with van der Waals surface area (Å²) < 4.78 is 10.6. The predicted octanol–water partition coefficient (Wildman–Crippen LogP) is 4.32. The largest absolute Gasteiger partial charge is 0.484 e. The van der Waals surface area contributed by atoms with Gasteiger partial charge in [-0.05, 0) is 36.4 Å². The first-order valence-corrected chi connectivity index (χ1v) is 7.52. The smallest absolute Gasteiger partial charge is 0.335 e. The van der Waals surface area contributed by atoms with Crippen molar-refractivity contribution in [3.05, 3.63) is 64.0 Å². The van der Waals surface area contributed by atoms with Crippen LogP contribution in [0.1, 0.15) is 16.2 Å². The third-order valence-electron chi connectivity index (χ3n) is 3.09. The van der Waals surface area contributed by atoms with Crippen molar-refractivity contribution in [2.24, 2.45) is 0 Å². The van der Waals surface area contributed by atoms with Crippen molar-refractivity contribution < 1.29 is 19.2 Å². The molecule has 24 heavy (non-hydrogen) atoms. The van der Waals surface area contributed by atoms with E-state index in [1.54, 1.807) is 30.3 Å². The Morgan fingerprint density at radius 3 is 2.75 bits per heavy atom. The molecule has 3 aromatic rings. The lowest BCUT2D eigenvalue weighted by atomic mass is 10.2. The van der Waals surface area contributed by atoms with E-state index < -0.39 is 5.97 Å². The molecule has 0 aliphatic carbocycles. The van der Waals surface area contributed by atoms with Gasteiger partial charge in [0.15, 0.2) is 6.61 Å². The van der Waals surface area contributed by atoms with Gasteiger partial charge in [-0.15, -0.1) is 0 Å². The van der Waals surface area contributed by atoms with E-state index in [9.17, 15) is 4.79 Å². The van der Waals surface area contributed by atoms with Crippen LogP contribution in [0.15, 0.2) is 47.0 Å². The minimum absolute atomic E-state index is 0.0113. The maximum atomic E-state index is 10.9. The Balaban J connectivity index is 1.71. The number of aromatic carboxylic acids is 1. The van der Waals surface area contributed by atoms with E-state index in [1.807, 2.05) is 0 Å². The highest BCUT2D eigenvalue weighted by Gasteiger charge is 2.11. The Hall–Kier alpha value is -2.57. The molecule has 0 saturated carbocycles. The zero-order valence-electron chi connectivity index (χ0n) is 12.1. The average molecular weight is 365 g/mol. The monoisotopic (exact) mass is 364 g/mol.